The van der Waals surface area contributed by atoms with Gasteiger partial charge in [-0.05, 0) is 91.9 Å². The van der Waals surface area contributed by atoms with Gasteiger partial charge in [0, 0.05) is 31.1 Å². The highest BCUT2D eigenvalue weighted by atomic mass is 16.5. The molecule has 4 aliphatic carbocycles. The van der Waals surface area contributed by atoms with Gasteiger partial charge in [-0.25, -0.2) is 4.79 Å². The molecule has 1 aromatic carbocycles. The lowest BCUT2D eigenvalue weighted by atomic mass is 9.46. The number of fused-ring (bicyclic) bond motifs is 5. The molecule has 1 aromatic rings. The third-order valence-electron chi connectivity index (χ3n) is 11.4. The molecule has 0 spiro atoms. The topological polar surface area (TPSA) is 136 Å². The molecule has 0 bridgehead atoms. The predicted molar refractivity (Wildman–Crippen MR) is 161 cm³/mol. The van der Waals surface area contributed by atoms with Crippen molar-refractivity contribution in [3.05, 3.63) is 41.5 Å². The van der Waals surface area contributed by atoms with E-state index < -0.39 is 30.0 Å². The highest BCUT2D eigenvalue weighted by Crippen LogP contribution is 2.67. The zero-order valence-electron chi connectivity index (χ0n) is 26.2. The van der Waals surface area contributed by atoms with Gasteiger partial charge >= 0.3 is 11.9 Å². The quantitative estimate of drug-likeness (QED) is 0.388. The van der Waals surface area contributed by atoms with Crippen molar-refractivity contribution < 1.29 is 38.6 Å². The number of rotatable bonds is 9. The fourth-order valence-electron chi connectivity index (χ4n) is 9.34. The van der Waals surface area contributed by atoms with Gasteiger partial charge in [0.1, 0.15) is 23.7 Å². The minimum atomic E-state index is -0.948. The predicted octanol–water partition coefficient (Wildman–Crippen LogP) is 4.63. The first-order valence-electron chi connectivity index (χ1n) is 15.9. The number of ether oxygens (including phenoxy) is 2. The Labute approximate surface area is 259 Å². The molecule has 0 aliphatic heterocycles. The lowest BCUT2D eigenvalue weighted by Crippen LogP contribution is -2.58. The third-order valence-corrected chi connectivity index (χ3v) is 11.4. The molecule has 3 unspecified atom stereocenters. The van der Waals surface area contributed by atoms with Crippen LogP contribution in [0.3, 0.4) is 0 Å². The van der Waals surface area contributed by atoms with E-state index >= 15 is 0 Å². The largest absolute Gasteiger partial charge is 0.508 e. The number of nitrogens with one attached hydrogen (secondary N) is 1. The summed E-state index contributed by atoms with van der Waals surface area (Å²) in [6, 6.07) is 5.37. The van der Waals surface area contributed by atoms with E-state index in [-0.39, 0.29) is 65.2 Å². The molecule has 9 nitrogen and oxygen atoms in total. The van der Waals surface area contributed by atoms with Crippen LogP contribution < -0.4 is 5.32 Å². The summed E-state index contributed by atoms with van der Waals surface area (Å²) >= 11 is 0. The molecule has 238 valence electrons. The van der Waals surface area contributed by atoms with Crippen LogP contribution in [-0.2, 0) is 39.9 Å². The summed E-state index contributed by atoms with van der Waals surface area (Å²) in [7, 11) is 1.24. The maximum atomic E-state index is 13.4. The first-order chi connectivity index (χ1) is 20.9. The number of phenols is 1. The van der Waals surface area contributed by atoms with Crippen LogP contribution >= 0.6 is 0 Å². The van der Waals surface area contributed by atoms with Crippen molar-refractivity contribution in [2.45, 2.75) is 97.1 Å². The maximum Gasteiger partial charge on any atom is 0.328 e. The number of ketones is 2. The number of hydrogen-bond acceptors (Lipinski definition) is 8. The first kappa shape index (κ1) is 31.9. The Bertz CT molecular complexity index is 1350. The van der Waals surface area contributed by atoms with E-state index in [4.69, 9.17) is 9.47 Å². The van der Waals surface area contributed by atoms with Crippen molar-refractivity contribution in [1.29, 1.82) is 0 Å². The summed E-state index contributed by atoms with van der Waals surface area (Å²) in [6.07, 6.45) is 6.66. The lowest BCUT2D eigenvalue weighted by molar-refractivity contribution is -0.178. The number of Topliss-reactive ketones (excluding diaryl/α,β-unsaturated/α-hetero) is 1. The molecular formula is C35H45NO8. The molecular weight excluding hydrogens is 562 g/mol. The van der Waals surface area contributed by atoms with Crippen molar-refractivity contribution in [2.24, 2.45) is 34.5 Å². The molecule has 4 aliphatic rings. The number of carbonyl (C=O) groups excluding carboxylic acids is 5. The Kier molecular flexibility index (Phi) is 9.06. The minimum Gasteiger partial charge on any atom is -0.508 e. The summed E-state index contributed by atoms with van der Waals surface area (Å²) in [6.45, 7) is 6.08. The molecule has 0 aromatic heterocycles. The normalized spacial score (nSPS) is 33.1. The van der Waals surface area contributed by atoms with Crippen LogP contribution in [0.25, 0.3) is 0 Å². The number of carbonyl (C=O) groups is 5. The van der Waals surface area contributed by atoms with E-state index in [1.54, 1.807) is 19.1 Å². The molecule has 1 amide bonds. The van der Waals surface area contributed by atoms with Crippen molar-refractivity contribution in [2.75, 3.05) is 7.11 Å². The van der Waals surface area contributed by atoms with Gasteiger partial charge in [0.25, 0.3) is 0 Å². The third kappa shape index (κ3) is 6.07. The Morgan fingerprint density at radius 3 is 2.45 bits per heavy atom. The van der Waals surface area contributed by atoms with Crippen LogP contribution in [0.2, 0.25) is 0 Å². The second-order valence-corrected chi connectivity index (χ2v) is 13.9. The average Bonchev–Trinajstić information content (AvgIpc) is 3.33. The monoisotopic (exact) mass is 607 g/mol. The van der Waals surface area contributed by atoms with Gasteiger partial charge in [-0.15, -0.1) is 0 Å². The molecule has 44 heavy (non-hydrogen) atoms. The van der Waals surface area contributed by atoms with E-state index in [1.165, 1.54) is 19.2 Å². The molecule has 3 fully saturated rings. The van der Waals surface area contributed by atoms with E-state index in [0.717, 1.165) is 43.2 Å². The van der Waals surface area contributed by atoms with Crippen molar-refractivity contribution in [1.82, 2.24) is 5.32 Å². The highest BCUT2D eigenvalue weighted by Gasteiger charge is 2.63. The fraction of sp³-hybridized carbons (Fsp3) is 0.629. The van der Waals surface area contributed by atoms with Crippen LogP contribution in [0.5, 0.6) is 5.75 Å². The van der Waals surface area contributed by atoms with Gasteiger partial charge in [-0.1, -0.05) is 31.6 Å². The molecule has 9 heteroatoms. The number of esters is 2. The highest BCUT2D eigenvalue weighted by molar-refractivity contribution is 5.91. The summed E-state index contributed by atoms with van der Waals surface area (Å²) < 4.78 is 11.1. The van der Waals surface area contributed by atoms with E-state index in [2.05, 4.69) is 19.2 Å². The van der Waals surface area contributed by atoms with Crippen LogP contribution in [-0.4, -0.2) is 53.8 Å². The van der Waals surface area contributed by atoms with Gasteiger partial charge in [0.2, 0.25) is 5.91 Å². The molecule has 2 N–H and O–H groups in total. The number of hydrogen-bond donors (Lipinski definition) is 2. The Morgan fingerprint density at radius 2 is 1.77 bits per heavy atom. The lowest BCUT2D eigenvalue weighted by Gasteiger charge is -2.60. The summed E-state index contributed by atoms with van der Waals surface area (Å²) in [5, 5.41) is 12.2. The van der Waals surface area contributed by atoms with Crippen LogP contribution in [0, 0.1) is 34.5 Å². The second-order valence-electron chi connectivity index (χ2n) is 13.9. The molecule has 8 atom stereocenters. The molecule has 0 radical (unpaired) electrons. The first-order valence-corrected chi connectivity index (χ1v) is 15.9. The van der Waals surface area contributed by atoms with Gasteiger partial charge in [0.05, 0.1) is 13.5 Å². The van der Waals surface area contributed by atoms with Crippen molar-refractivity contribution >= 4 is 29.4 Å². The Hall–Kier alpha value is -3.49. The molecule has 5 rings (SSSR count). The maximum absolute atomic E-state index is 13.4. The average molecular weight is 608 g/mol. The number of phenolic OH excluding ortho intramolecular Hbond substituents is 1. The van der Waals surface area contributed by atoms with Crippen LogP contribution in [0.4, 0.5) is 0 Å². The van der Waals surface area contributed by atoms with Crippen LogP contribution in [0.15, 0.2) is 35.9 Å². The number of allylic oxidation sites excluding steroid dienone is 1. The van der Waals surface area contributed by atoms with Gasteiger partial charge in [-0.3, -0.25) is 19.2 Å². The number of benzene rings is 1. The second kappa shape index (κ2) is 12.5. The summed E-state index contributed by atoms with van der Waals surface area (Å²) in [5.41, 5.74) is 1.37. The zero-order chi connectivity index (χ0) is 31.8. The Morgan fingerprint density at radius 1 is 1.05 bits per heavy atom. The van der Waals surface area contributed by atoms with E-state index in [1.807, 2.05) is 6.08 Å². The van der Waals surface area contributed by atoms with Gasteiger partial charge in [-0.2, -0.15) is 0 Å². The SMILES string of the molecule is COC(=O)[C@H](Cc1ccc(O)cc1)NC(=O)CCC(=O)O[C@@H]1C[C@]2(C)C(CC[C@@H]2C(C)=O)C2CCC3=CC(=O)CC[C@]3(C)C21. The molecule has 0 saturated heterocycles. The van der Waals surface area contributed by atoms with E-state index in [9.17, 15) is 29.1 Å². The summed E-state index contributed by atoms with van der Waals surface area (Å²) in [4.78, 5) is 63.7. The van der Waals surface area contributed by atoms with Gasteiger partial charge in [0.15, 0.2) is 5.78 Å². The van der Waals surface area contributed by atoms with Gasteiger partial charge < -0.3 is 19.9 Å². The van der Waals surface area contributed by atoms with E-state index in [0.29, 0.717) is 18.8 Å². The number of amides is 1. The summed E-state index contributed by atoms with van der Waals surface area (Å²) in [5.74, 6) is -0.498. The van der Waals surface area contributed by atoms with Crippen molar-refractivity contribution in [3.8, 4) is 5.75 Å². The van der Waals surface area contributed by atoms with Crippen molar-refractivity contribution in [3.63, 3.8) is 0 Å². The number of aromatic hydroxyl groups is 1. The zero-order valence-corrected chi connectivity index (χ0v) is 26.2. The standard InChI is InChI=1S/C35H45NO8/c1-20(37)26-11-12-27-25-10-7-22-18-24(39)15-16-34(22,2)32(25)29(19-35(26,27)3)44-31(41)14-13-30(40)36-28(33(42)43-4)17-21-5-8-23(38)9-6-21/h5-6,8-9,18,25-29,32,38H,7,10-17,19H2,1-4H3,(H,36,40)/t25?,26-,27?,28+,29-,32?,34+,35+/m1/s1. The number of methoxy groups -OCH3 is 1. The minimum absolute atomic E-state index is 0.0474. The van der Waals surface area contributed by atoms with Crippen LogP contribution in [0.1, 0.15) is 84.1 Å². The fourth-order valence-corrected chi connectivity index (χ4v) is 9.34. The molecule has 0 heterocycles. The molecule has 3 saturated carbocycles. The Balaban J connectivity index is 1.29. The smallest absolute Gasteiger partial charge is 0.328 e.